The second-order valence-corrected chi connectivity index (χ2v) is 8.48. The van der Waals surface area contributed by atoms with Crippen molar-refractivity contribution < 1.29 is 37.0 Å². The van der Waals surface area contributed by atoms with Crippen LogP contribution in [-0.2, 0) is 19.6 Å². The topological polar surface area (TPSA) is 117 Å². The molecule has 1 aliphatic rings. The molecule has 1 atom stereocenters. The van der Waals surface area contributed by atoms with Crippen LogP contribution in [0.1, 0.15) is 23.7 Å². The molecule has 0 fully saturated rings. The maximum Gasteiger partial charge on any atom is 0.321 e. The molecule has 10 heteroatoms. The van der Waals surface area contributed by atoms with Gasteiger partial charge in [0.1, 0.15) is 12.3 Å². The van der Waals surface area contributed by atoms with Gasteiger partial charge in [0, 0.05) is 18.1 Å². The zero-order valence-corrected chi connectivity index (χ0v) is 17.9. The number of rotatable bonds is 8. The Morgan fingerprint density at radius 1 is 1.06 bits per heavy atom. The summed E-state index contributed by atoms with van der Waals surface area (Å²) < 4.78 is 48.3. The highest BCUT2D eigenvalue weighted by Crippen LogP contribution is 2.31. The molecule has 0 aliphatic carbocycles. The highest BCUT2D eigenvalue weighted by Gasteiger charge is 2.23. The molecule has 0 aromatic heterocycles. The number of ketones is 1. The number of hydrogen-bond acceptors (Lipinski definition) is 8. The van der Waals surface area contributed by atoms with Gasteiger partial charge in [0.25, 0.3) is 0 Å². The molecule has 0 bridgehead atoms. The van der Waals surface area contributed by atoms with E-state index >= 15 is 0 Å². The molecular weight excluding hydrogens is 426 g/mol. The van der Waals surface area contributed by atoms with Crippen molar-refractivity contribution in [2.75, 3.05) is 26.9 Å². The van der Waals surface area contributed by atoms with Crippen LogP contribution in [0.15, 0.2) is 47.4 Å². The summed E-state index contributed by atoms with van der Waals surface area (Å²) in [4.78, 5) is 24.4. The fourth-order valence-corrected chi connectivity index (χ4v) is 3.81. The third-order valence-corrected chi connectivity index (χ3v) is 5.89. The molecule has 31 heavy (non-hydrogen) atoms. The summed E-state index contributed by atoms with van der Waals surface area (Å²) in [6, 6.07) is 10.5. The van der Waals surface area contributed by atoms with E-state index in [4.69, 9.17) is 18.9 Å². The van der Waals surface area contributed by atoms with Crippen molar-refractivity contribution in [2.45, 2.75) is 24.3 Å². The average Bonchev–Trinajstić information content (AvgIpc) is 3.02. The summed E-state index contributed by atoms with van der Waals surface area (Å²) in [5, 5.41) is 0. The van der Waals surface area contributed by atoms with Gasteiger partial charge in [0.05, 0.1) is 25.2 Å². The lowest BCUT2D eigenvalue weighted by Gasteiger charge is -2.14. The average molecular weight is 449 g/mol. The Labute approximate surface area is 180 Å². The number of carbonyl (C=O) groups excluding carboxylic acids is 2. The van der Waals surface area contributed by atoms with E-state index in [1.807, 2.05) is 0 Å². The number of nitrogens with one attached hydrogen (secondary N) is 1. The number of carbonyl (C=O) groups is 2. The Hall–Kier alpha value is -3.11. The van der Waals surface area contributed by atoms with Crippen molar-refractivity contribution in [3.8, 4) is 17.2 Å². The first kappa shape index (κ1) is 22.6. The number of ether oxygens (including phenoxy) is 4. The van der Waals surface area contributed by atoms with Crippen LogP contribution in [0.2, 0.25) is 0 Å². The van der Waals surface area contributed by atoms with Crippen molar-refractivity contribution in [3.05, 3.63) is 48.0 Å². The maximum atomic E-state index is 12.5. The van der Waals surface area contributed by atoms with Crippen LogP contribution >= 0.6 is 0 Å². The molecule has 1 aliphatic heterocycles. The quantitative estimate of drug-likeness (QED) is 0.480. The predicted molar refractivity (Wildman–Crippen MR) is 110 cm³/mol. The van der Waals surface area contributed by atoms with E-state index < -0.39 is 34.4 Å². The van der Waals surface area contributed by atoms with Gasteiger partial charge in [-0.05, 0) is 43.3 Å². The molecule has 166 valence electrons. The van der Waals surface area contributed by atoms with Crippen LogP contribution in [0.4, 0.5) is 0 Å². The van der Waals surface area contributed by atoms with Crippen LogP contribution in [-0.4, -0.2) is 53.1 Å². The zero-order valence-electron chi connectivity index (χ0n) is 17.1. The number of hydrogen-bond donors (Lipinski definition) is 1. The Balaban J connectivity index is 1.57. The minimum atomic E-state index is -4.00. The lowest BCUT2D eigenvalue weighted by Crippen LogP contribution is -2.34. The lowest BCUT2D eigenvalue weighted by atomic mass is 10.1. The SMILES string of the molecule is COc1ccc(C(=O)C(C)OC(=O)CNS(=O)(=O)c2ccc3c(c2)OCCCO3)cc1. The Kier molecular flexibility index (Phi) is 7.13. The standard InChI is InChI=1S/C21H23NO8S/c1-14(21(24)15-4-6-16(27-2)7-5-15)30-20(23)13-22-31(25,26)17-8-9-18-19(12-17)29-11-3-10-28-18/h4-9,12,14,22H,3,10-11,13H2,1-2H3. The molecule has 0 spiro atoms. The lowest BCUT2D eigenvalue weighted by molar-refractivity contribution is -0.144. The highest BCUT2D eigenvalue weighted by atomic mass is 32.2. The molecule has 9 nitrogen and oxygen atoms in total. The van der Waals surface area contributed by atoms with Gasteiger partial charge < -0.3 is 18.9 Å². The van der Waals surface area contributed by atoms with Crippen LogP contribution in [0.5, 0.6) is 17.2 Å². The Morgan fingerprint density at radius 2 is 1.74 bits per heavy atom. The largest absolute Gasteiger partial charge is 0.497 e. The van der Waals surface area contributed by atoms with E-state index in [1.165, 1.54) is 32.2 Å². The van der Waals surface area contributed by atoms with E-state index in [1.54, 1.807) is 24.3 Å². The second-order valence-electron chi connectivity index (χ2n) is 6.71. The van der Waals surface area contributed by atoms with Gasteiger partial charge in [-0.3, -0.25) is 9.59 Å². The van der Waals surface area contributed by atoms with E-state index in [2.05, 4.69) is 4.72 Å². The smallest absolute Gasteiger partial charge is 0.321 e. The molecular formula is C21H23NO8S. The molecule has 2 aromatic rings. The first-order chi connectivity index (χ1) is 14.8. The van der Waals surface area contributed by atoms with Crippen LogP contribution < -0.4 is 18.9 Å². The molecule has 1 heterocycles. The van der Waals surface area contributed by atoms with E-state index in [-0.39, 0.29) is 4.90 Å². The first-order valence-corrected chi connectivity index (χ1v) is 11.1. The first-order valence-electron chi connectivity index (χ1n) is 9.57. The summed E-state index contributed by atoms with van der Waals surface area (Å²) >= 11 is 0. The number of methoxy groups -OCH3 is 1. The van der Waals surface area contributed by atoms with Gasteiger partial charge in [-0.2, -0.15) is 4.72 Å². The summed E-state index contributed by atoms with van der Waals surface area (Å²) in [6.45, 7) is 1.69. The molecule has 3 rings (SSSR count). The van der Waals surface area contributed by atoms with Crippen LogP contribution in [0.3, 0.4) is 0 Å². The van der Waals surface area contributed by atoms with Crippen LogP contribution in [0, 0.1) is 0 Å². The maximum absolute atomic E-state index is 12.5. The van der Waals surface area contributed by atoms with Gasteiger partial charge >= 0.3 is 5.97 Å². The van der Waals surface area contributed by atoms with Gasteiger partial charge in [-0.25, -0.2) is 8.42 Å². The van der Waals surface area contributed by atoms with E-state index in [0.29, 0.717) is 42.4 Å². The van der Waals surface area contributed by atoms with Crippen LogP contribution in [0.25, 0.3) is 0 Å². The molecule has 0 radical (unpaired) electrons. The fourth-order valence-electron chi connectivity index (χ4n) is 2.83. The molecule has 1 unspecified atom stereocenters. The van der Waals surface area contributed by atoms with Crippen molar-refractivity contribution in [1.29, 1.82) is 0 Å². The number of esters is 1. The number of benzene rings is 2. The van der Waals surface area contributed by atoms with Crippen molar-refractivity contribution in [2.24, 2.45) is 0 Å². The minimum absolute atomic E-state index is 0.0769. The van der Waals surface area contributed by atoms with Crippen molar-refractivity contribution >= 4 is 21.8 Å². The number of sulfonamides is 1. The van der Waals surface area contributed by atoms with Gasteiger partial charge in [0.15, 0.2) is 17.6 Å². The fraction of sp³-hybridized carbons (Fsp3) is 0.333. The molecule has 0 amide bonds. The second kappa shape index (κ2) is 9.80. The molecule has 1 N–H and O–H groups in total. The normalized spacial score (nSPS) is 14.3. The van der Waals surface area contributed by atoms with Gasteiger partial charge in [0.2, 0.25) is 15.8 Å². The Morgan fingerprint density at radius 3 is 2.42 bits per heavy atom. The monoisotopic (exact) mass is 449 g/mol. The van der Waals surface area contributed by atoms with Gasteiger partial charge in [-0.15, -0.1) is 0 Å². The summed E-state index contributed by atoms with van der Waals surface area (Å²) in [5.74, 6) is 0.0720. The van der Waals surface area contributed by atoms with E-state index in [9.17, 15) is 18.0 Å². The number of fused-ring (bicyclic) bond motifs is 1. The Bertz CT molecular complexity index is 1050. The number of Topliss-reactive ketones (excluding diaryl/α,β-unsaturated/α-hetero) is 1. The summed E-state index contributed by atoms with van der Waals surface area (Å²) in [7, 11) is -2.49. The minimum Gasteiger partial charge on any atom is -0.497 e. The van der Waals surface area contributed by atoms with E-state index in [0.717, 1.165) is 0 Å². The summed E-state index contributed by atoms with van der Waals surface area (Å²) in [6.07, 6.45) is -0.391. The van der Waals surface area contributed by atoms with Gasteiger partial charge in [-0.1, -0.05) is 0 Å². The predicted octanol–water partition coefficient (Wildman–Crippen LogP) is 1.95. The third-order valence-electron chi connectivity index (χ3n) is 4.49. The molecule has 0 saturated heterocycles. The molecule has 2 aromatic carbocycles. The van der Waals surface area contributed by atoms with Crippen molar-refractivity contribution in [1.82, 2.24) is 4.72 Å². The highest BCUT2D eigenvalue weighted by molar-refractivity contribution is 7.89. The third kappa shape index (κ3) is 5.74. The van der Waals surface area contributed by atoms with Crippen molar-refractivity contribution in [3.63, 3.8) is 0 Å². The summed E-state index contributed by atoms with van der Waals surface area (Å²) in [5.41, 5.74) is 0.342. The molecule has 0 saturated carbocycles. The zero-order chi connectivity index (χ0) is 22.4.